The maximum atomic E-state index is 12.5. The molecule has 0 aromatic carbocycles. The average Bonchev–Trinajstić information content (AvgIpc) is 2.88. The largest absolute Gasteiger partial charge is 0.443 e. The molecular formula is C15H20N2O4S. The van der Waals surface area contributed by atoms with Gasteiger partial charge in [0.2, 0.25) is 6.04 Å². The van der Waals surface area contributed by atoms with Crippen LogP contribution in [-0.2, 0) is 4.74 Å². The minimum absolute atomic E-state index is 0.306. The Labute approximate surface area is 133 Å². The van der Waals surface area contributed by atoms with E-state index in [2.05, 4.69) is 0 Å². The van der Waals surface area contributed by atoms with E-state index in [1.807, 2.05) is 17.5 Å². The zero-order valence-electron chi connectivity index (χ0n) is 13.1. The highest BCUT2D eigenvalue weighted by molar-refractivity contribution is 7.10. The van der Waals surface area contributed by atoms with Crippen LogP contribution in [0.2, 0.25) is 0 Å². The number of carbonyl (C=O) groups is 1. The van der Waals surface area contributed by atoms with Gasteiger partial charge in [-0.3, -0.25) is 15.0 Å². The topological polar surface area (TPSA) is 72.7 Å². The first-order valence-electron chi connectivity index (χ1n) is 7.06. The van der Waals surface area contributed by atoms with Gasteiger partial charge in [0.1, 0.15) is 11.6 Å². The zero-order chi connectivity index (χ0) is 16.5. The fraction of sp³-hybridized carbons (Fsp3) is 0.533. The third-order valence-electron chi connectivity index (χ3n) is 3.37. The van der Waals surface area contributed by atoms with E-state index in [1.54, 1.807) is 33.8 Å². The van der Waals surface area contributed by atoms with Crippen LogP contribution in [-0.4, -0.2) is 27.6 Å². The van der Waals surface area contributed by atoms with Crippen molar-refractivity contribution in [2.24, 2.45) is 0 Å². The Kier molecular flexibility index (Phi) is 4.55. The lowest BCUT2D eigenvalue weighted by Gasteiger charge is -2.37. The van der Waals surface area contributed by atoms with Crippen molar-refractivity contribution in [1.82, 2.24) is 4.90 Å². The highest BCUT2D eigenvalue weighted by Crippen LogP contribution is 2.38. The van der Waals surface area contributed by atoms with Crippen LogP contribution < -0.4 is 0 Å². The zero-order valence-corrected chi connectivity index (χ0v) is 13.9. The molecule has 0 N–H and O–H groups in total. The summed E-state index contributed by atoms with van der Waals surface area (Å²) in [5.41, 5.74) is 0.0320. The van der Waals surface area contributed by atoms with Crippen LogP contribution in [0.5, 0.6) is 0 Å². The Morgan fingerprint density at radius 2 is 2.18 bits per heavy atom. The Morgan fingerprint density at radius 3 is 2.68 bits per heavy atom. The molecule has 1 aromatic heterocycles. The molecule has 120 valence electrons. The summed E-state index contributed by atoms with van der Waals surface area (Å²) in [5.74, 6) is 0. The number of nitro groups is 1. The number of ether oxygens (including phenoxy) is 1. The molecule has 0 fully saturated rings. The maximum Gasteiger partial charge on any atom is 0.415 e. The minimum Gasteiger partial charge on any atom is -0.443 e. The van der Waals surface area contributed by atoms with E-state index in [-0.39, 0.29) is 4.92 Å². The van der Waals surface area contributed by atoms with Gasteiger partial charge in [-0.2, -0.15) is 0 Å². The van der Waals surface area contributed by atoms with Crippen molar-refractivity contribution in [3.05, 3.63) is 44.3 Å². The summed E-state index contributed by atoms with van der Waals surface area (Å²) in [6.45, 7) is 7.11. The molecule has 6 nitrogen and oxygen atoms in total. The van der Waals surface area contributed by atoms with Crippen molar-refractivity contribution < 1.29 is 14.5 Å². The summed E-state index contributed by atoms with van der Waals surface area (Å²) in [7, 11) is 0. The number of hydrogen-bond acceptors (Lipinski definition) is 5. The number of nitrogens with zero attached hydrogens (tertiary/aromatic N) is 2. The lowest BCUT2D eigenvalue weighted by Crippen LogP contribution is -2.46. The fourth-order valence-corrected chi connectivity index (χ4v) is 3.33. The van der Waals surface area contributed by atoms with Crippen LogP contribution in [0.1, 0.15) is 45.0 Å². The van der Waals surface area contributed by atoms with E-state index in [1.165, 1.54) is 16.2 Å². The van der Waals surface area contributed by atoms with Crippen LogP contribution in [0.15, 0.2) is 29.3 Å². The predicted molar refractivity (Wildman–Crippen MR) is 84.3 cm³/mol. The molecule has 2 rings (SSSR count). The molecule has 0 spiro atoms. The summed E-state index contributed by atoms with van der Waals surface area (Å²) < 4.78 is 5.43. The SMILES string of the molecule is CC1=CC[C@@H]([N+](=O)[O-])[C@H](c2cccs2)N1C(=O)OC(C)(C)C. The highest BCUT2D eigenvalue weighted by atomic mass is 32.1. The van der Waals surface area contributed by atoms with Gasteiger partial charge in [-0.1, -0.05) is 12.1 Å². The first kappa shape index (κ1) is 16.5. The Morgan fingerprint density at radius 1 is 1.50 bits per heavy atom. The second-order valence-electron chi connectivity index (χ2n) is 6.24. The van der Waals surface area contributed by atoms with E-state index in [0.717, 1.165) is 4.88 Å². The van der Waals surface area contributed by atoms with Crippen molar-refractivity contribution in [1.29, 1.82) is 0 Å². The molecule has 2 atom stereocenters. The molecule has 0 saturated carbocycles. The number of amides is 1. The van der Waals surface area contributed by atoms with Gasteiger partial charge in [0.15, 0.2) is 0 Å². The highest BCUT2D eigenvalue weighted by Gasteiger charge is 2.44. The van der Waals surface area contributed by atoms with E-state index in [4.69, 9.17) is 4.74 Å². The molecule has 2 heterocycles. The van der Waals surface area contributed by atoms with Crippen molar-refractivity contribution in [2.75, 3.05) is 0 Å². The monoisotopic (exact) mass is 324 g/mol. The molecule has 22 heavy (non-hydrogen) atoms. The fourth-order valence-electron chi connectivity index (χ4n) is 2.46. The van der Waals surface area contributed by atoms with Crippen LogP contribution in [0, 0.1) is 10.1 Å². The first-order valence-corrected chi connectivity index (χ1v) is 7.94. The van der Waals surface area contributed by atoms with Gasteiger partial charge in [0.05, 0.1) is 0 Å². The molecule has 0 bridgehead atoms. The minimum atomic E-state index is -0.866. The van der Waals surface area contributed by atoms with E-state index in [0.29, 0.717) is 12.1 Å². The van der Waals surface area contributed by atoms with Gasteiger partial charge in [-0.05, 0) is 39.1 Å². The summed E-state index contributed by atoms with van der Waals surface area (Å²) in [6.07, 6.45) is 1.48. The molecule has 0 radical (unpaired) electrons. The average molecular weight is 324 g/mol. The number of rotatable bonds is 2. The standard InChI is InChI=1S/C15H20N2O4S/c1-10-7-8-11(17(19)20)13(12-6-5-9-22-12)16(10)14(18)21-15(2,3)4/h5-7,9,11,13H,8H2,1-4H3/t11-,13-/m1/s1. The van der Waals surface area contributed by atoms with Crippen LogP contribution >= 0.6 is 11.3 Å². The number of thiophene rings is 1. The van der Waals surface area contributed by atoms with Gasteiger partial charge in [-0.15, -0.1) is 11.3 Å². The third kappa shape index (κ3) is 3.47. The van der Waals surface area contributed by atoms with Crippen LogP contribution in [0.4, 0.5) is 4.79 Å². The molecule has 7 heteroatoms. The molecule has 0 aliphatic carbocycles. The molecule has 1 aliphatic rings. The van der Waals surface area contributed by atoms with Gasteiger partial charge >= 0.3 is 6.09 Å². The van der Waals surface area contributed by atoms with Crippen molar-refractivity contribution >= 4 is 17.4 Å². The first-order chi connectivity index (χ1) is 10.2. The summed E-state index contributed by atoms with van der Waals surface area (Å²) in [4.78, 5) is 25.9. The van der Waals surface area contributed by atoms with Crippen molar-refractivity contribution in [2.45, 2.75) is 51.8 Å². The lowest BCUT2D eigenvalue weighted by molar-refractivity contribution is -0.530. The van der Waals surface area contributed by atoms with Gasteiger partial charge in [-0.25, -0.2) is 4.79 Å². The van der Waals surface area contributed by atoms with Crippen molar-refractivity contribution in [3.63, 3.8) is 0 Å². The molecule has 1 aromatic rings. The van der Waals surface area contributed by atoms with Crippen molar-refractivity contribution in [3.8, 4) is 0 Å². The number of carbonyl (C=O) groups excluding carboxylic acids is 1. The van der Waals surface area contributed by atoms with Crippen LogP contribution in [0.25, 0.3) is 0 Å². The normalized spacial score (nSPS) is 22.2. The predicted octanol–water partition coefficient (Wildman–Crippen LogP) is 3.98. The smallest absolute Gasteiger partial charge is 0.415 e. The molecule has 0 unspecified atom stereocenters. The molecule has 1 aliphatic heterocycles. The number of allylic oxidation sites excluding steroid dienone is 1. The van der Waals surface area contributed by atoms with Gasteiger partial charge < -0.3 is 4.74 Å². The quantitative estimate of drug-likeness (QED) is 0.609. The summed E-state index contributed by atoms with van der Waals surface area (Å²) >= 11 is 1.41. The van der Waals surface area contributed by atoms with E-state index >= 15 is 0 Å². The van der Waals surface area contributed by atoms with E-state index in [9.17, 15) is 14.9 Å². The Bertz CT molecular complexity index is 589. The van der Waals surface area contributed by atoms with Gasteiger partial charge in [0, 0.05) is 21.9 Å². The Balaban J connectivity index is 2.42. The second-order valence-corrected chi connectivity index (χ2v) is 7.22. The molecular weight excluding hydrogens is 304 g/mol. The molecule has 1 amide bonds. The van der Waals surface area contributed by atoms with Crippen LogP contribution in [0.3, 0.4) is 0 Å². The summed E-state index contributed by atoms with van der Waals surface area (Å²) in [6, 6.07) is 2.16. The van der Waals surface area contributed by atoms with E-state index < -0.39 is 23.8 Å². The lowest BCUT2D eigenvalue weighted by atomic mass is 9.97. The summed E-state index contributed by atoms with van der Waals surface area (Å²) in [5, 5.41) is 13.3. The number of hydrogen-bond donors (Lipinski definition) is 0. The van der Waals surface area contributed by atoms with Gasteiger partial charge in [0.25, 0.3) is 0 Å². The second kappa shape index (κ2) is 6.08. The molecule has 0 saturated heterocycles. The maximum absolute atomic E-state index is 12.5. The Hall–Kier alpha value is -1.89. The third-order valence-corrected chi connectivity index (χ3v) is 4.32.